The third kappa shape index (κ3) is 1.77. The van der Waals surface area contributed by atoms with E-state index in [-0.39, 0.29) is 18.0 Å². The van der Waals surface area contributed by atoms with Gasteiger partial charge in [0.2, 0.25) is 0 Å². The summed E-state index contributed by atoms with van der Waals surface area (Å²) in [5.74, 6) is 0.784. The largest absolute Gasteiger partial charge is 0.458 e. The van der Waals surface area contributed by atoms with Crippen molar-refractivity contribution in [3.05, 3.63) is 12.2 Å². The van der Waals surface area contributed by atoms with Gasteiger partial charge < -0.3 is 4.74 Å². The van der Waals surface area contributed by atoms with Crippen molar-refractivity contribution in [3.8, 4) is 0 Å². The number of carbonyl (C=O) groups excluding carboxylic acids is 1. The minimum atomic E-state index is -0.211. The van der Waals surface area contributed by atoms with Crippen LogP contribution < -0.4 is 0 Å². The molecular weight excluding hydrogens is 164 g/mol. The number of cyclic esters (lactones) is 1. The van der Waals surface area contributed by atoms with Crippen LogP contribution in [-0.4, -0.2) is 12.1 Å². The third-order valence-electron chi connectivity index (χ3n) is 2.64. The first-order chi connectivity index (χ1) is 5.95. The SMILES string of the molecule is C=C1C(=O)O[C@H](C(C)C)[C@H]1C(C)C. The Morgan fingerprint density at radius 2 is 1.77 bits per heavy atom. The van der Waals surface area contributed by atoms with Crippen molar-refractivity contribution in [1.82, 2.24) is 0 Å². The summed E-state index contributed by atoms with van der Waals surface area (Å²) in [6.45, 7) is 12.2. The zero-order valence-corrected chi connectivity index (χ0v) is 8.83. The molecule has 0 bridgehead atoms. The van der Waals surface area contributed by atoms with E-state index in [9.17, 15) is 4.79 Å². The number of carbonyl (C=O) groups is 1. The first-order valence-electron chi connectivity index (χ1n) is 4.85. The van der Waals surface area contributed by atoms with Crippen molar-refractivity contribution < 1.29 is 9.53 Å². The molecule has 0 radical (unpaired) electrons. The number of ether oxygens (including phenoxy) is 1. The van der Waals surface area contributed by atoms with Gasteiger partial charge in [0.05, 0.1) is 0 Å². The molecule has 1 saturated heterocycles. The molecule has 2 atom stereocenters. The van der Waals surface area contributed by atoms with E-state index in [1.54, 1.807) is 0 Å². The molecule has 0 aromatic carbocycles. The molecule has 0 amide bonds. The molecule has 0 saturated carbocycles. The monoisotopic (exact) mass is 182 g/mol. The first kappa shape index (κ1) is 10.3. The lowest BCUT2D eigenvalue weighted by molar-refractivity contribution is -0.141. The van der Waals surface area contributed by atoms with Crippen LogP contribution in [0.4, 0.5) is 0 Å². The molecule has 0 aliphatic carbocycles. The number of esters is 1. The quantitative estimate of drug-likeness (QED) is 0.484. The Morgan fingerprint density at radius 1 is 1.23 bits per heavy atom. The van der Waals surface area contributed by atoms with Crippen molar-refractivity contribution in [2.45, 2.75) is 33.8 Å². The fourth-order valence-corrected chi connectivity index (χ4v) is 1.94. The number of hydrogen-bond acceptors (Lipinski definition) is 2. The average Bonchev–Trinajstić information content (AvgIpc) is 2.28. The van der Waals surface area contributed by atoms with E-state index >= 15 is 0 Å². The molecule has 0 aromatic heterocycles. The maximum Gasteiger partial charge on any atom is 0.334 e. The highest BCUT2D eigenvalue weighted by atomic mass is 16.6. The minimum absolute atomic E-state index is 0.0278. The highest BCUT2D eigenvalue weighted by molar-refractivity contribution is 5.90. The molecule has 1 fully saturated rings. The van der Waals surface area contributed by atoms with Crippen LogP contribution in [0.5, 0.6) is 0 Å². The van der Waals surface area contributed by atoms with Crippen LogP contribution >= 0.6 is 0 Å². The molecular formula is C11H18O2. The Balaban J connectivity index is 2.87. The zero-order chi connectivity index (χ0) is 10.2. The fraction of sp³-hybridized carbons (Fsp3) is 0.727. The lowest BCUT2D eigenvalue weighted by atomic mass is 9.82. The van der Waals surface area contributed by atoms with Crippen LogP contribution in [0, 0.1) is 17.8 Å². The second-order valence-corrected chi connectivity index (χ2v) is 4.41. The Labute approximate surface area is 80.0 Å². The molecule has 13 heavy (non-hydrogen) atoms. The smallest absolute Gasteiger partial charge is 0.334 e. The summed E-state index contributed by atoms with van der Waals surface area (Å²) in [5, 5.41) is 0. The van der Waals surface area contributed by atoms with Gasteiger partial charge in [-0.15, -0.1) is 0 Å². The third-order valence-corrected chi connectivity index (χ3v) is 2.64. The molecule has 1 heterocycles. The van der Waals surface area contributed by atoms with Gasteiger partial charge in [0.1, 0.15) is 6.10 Å². The molecule has 2 nitrogen and oxygen atoms in total. The molecule has 2 heteroatoms. The molecule has 0 aromatic rings. The minimum Gasteiger partial charge on any atom is -0.458 e. The van der Waals surface area contributed by atoms with Gasteiger partial charge in [0.25, 0.3) is 0 Å². The van der Waals surface area contributed by atoms with Gasteiger partial charge in [-0.1, -0.05) is 34.3 Å². The molecule has 1 rings (SSSR count). The van der Waals surface area contributed by atoms with Gasteiger partial charge in [-0.3, -0.25) is 0 Å². The number of rotatable bonds is 2. The molecule has 1 aliphatic rings. The van der Waals surface area contributed by atoms with E-state index < -0.39 is 0 Å². The average molecular weight is 182 g/mol. The van der Waals surface area contributed by atoms with Gasteiger partial charge in [-0.25, -0.2) is 4.79 Å². The van der Waals surface area contributed by atoms with Crippen LogP contribution in [0.1, 0.15) is 27.7 Å². The Morgan fingerprint density at radius 3 is 2.08 bits per heavy atom. The highest BCUT2D eigenvalue weighted by Crippen LogP contribution is 2.36. The topological polar surface area (TPSA) is 26.3 Å². The van der Waals surface area contributed by atoms with Gasteiger partial charge in [-0.2, -0.15) is 0 Å². The maximum atomic E-state index is 11.3. The molecule has 74 valence electrons. The molecule has 1 aliphatic heterocycles. The van der Waals surface area contributed by atoms with E-state index in [4.69, 9.17) is 4.74 Å². The normalized spacial score (nSPS) is 28.8. The summed E-state index contributed by atoms with van der Waals surface area (Å²) < 4.78 is 5.27. The molecule has 0 unspecified atom stereocenters. The maximum absolute atomic E-state index is 11.3. The van der Waals surface area contributed by atoms with E-state index in [0.29, 0.717) is 17.4 Å². The summed E-state index contributed by atoms with van der Waals surface area (Å²) >= 11 is 0. The van der Waals surface area contributed by atoms with Crippen LogP contribution in [0.2, 0.25) is 0 Å². The standard InChI is InChI=1S/C11H18O2/c1-6(2)9-8(5)11(12)13-10(9)7(3)4/h6-7,9-10H,5H2,1-4H3/t9-,10+/m0/s1. The van der Waals surface area contributed by atoms with Crippen molar-refractivity contribution in [3.63, 3.8) is 0 Å². The Hall–Kier alpha value is -0.790. The lowest BCUT2D eigenvalue weighted by Gasteiger charge is -2.23. The van der Waals surface area contributed by atoms with Crippen LogP contribution in [0.3, 0.4) is 0 Å². The van der Waals surface area contributed by atoms with Crippen molar-refractivity contribution >= 4 is 5.97 Å². The van der Waals surface area contributed by atoms with Crippen molar-refractivity contribution in [2.24, 2.45) is 17.8 Å². The molecule has 0 N–H and O–H groups in total. The predicted octanol–water partition coefficient (Wildman–Crippen LogP) is 2.40. The van der Waals surface area contributed by atoms with Crippen molar-refractivity contribution in [2.75, 3.05) is 0 Å². The highest BCUT2D eigenvalue weighted by Gasteiger charge is 2.41. The van der Waals surface area contributed by atoms with Crippen LogP contribution in [-0.2, 0) is 9.53 Å². The van der Waals surface area contributed by atoms with E-state index in [1.807, 2.05) is 0 Å². The Bertz CT molecular complexity index is 228. The zero-order valence-electron chi connectivity index (χ0n) is 8.83. The van der Waals surface area contributed by atoms with E-state index in [1.165, 1.54) is 0 Å². The number of hydrogen-bond donors (Lipinski definition) is 0. The van der Waals surface area contributed by atoms with E-state index in [2.05, 4.69) is 34.3 Å². The second-order valence-electron chi connectivity index (χ2n) is 4.41. The van der Waals surface area contributed by atoms with Crippen LogP contribution in [0.25, 0.3) is 0 Å². The van der Waals surface area contributed by atoms with Crippen molar-refractivity contribution in [1.29, 1.82) is 0 Å². The summed E-state index contributed by atoms with van der Waals surface area (Å²) in [6.07, 6.45) is 0.0278. The lowest BCUT2D eigenvalue weighted by Crippen LogP contribution is -2.26. The van der Waals surface area contributed by atoms with Gasteiger partial charge in [0, 0.05) is 11.5 Å². The summed E-state index contributed by atoms with van der Waals surface area (Å²) in [6, 6.07) is 0. The Kier molecular flexibility index (Phi) is 2.79. The second kappa shape index (κ2) is 3.52. The summed E-state index contributed by atoms with van der Waals surface area (Å²) in [4.78, 5) is 11.3. The first-order valence-corrected chi connectivity index (χ1v) is 4.85. The van der Waals surface area contributed by atoms with Gasteiger partial charge in [0.15, 0.2) is 0 Å². The summed E-state index contributed by atoms with van der Waals surface area (Å²) in [5.41, 5.74) is 0.647. The van der Waals surface area contributed by atoms with E-state index in [0.717, 1.165) is 0 Å². The molecule has 0 spiro atoms. The van der Waals surface area contributed by atoms with Gasteiger partial charge >= 0.3 is 5.97 Å². The van der Waals surface area contributed by atoms with Crippen LogP contribution in [0.15, 0.2) is 12.2 Å². The fourth-order valence-electron chi connectivity index (χ4n) is 1.94. The summed E-state index contributed by atoms with van der Waals surface area (Å²) in [7, 11) is 0. The predicted molar refractivity (Wildman–Crippen MR) is 52.2 cm³/mol. The van der Waals surface area contributed by atoms with Gasteiger partial charge in [-0.05, 0) is 11.8 Å².